The molecule has 3 N–H and O–H groups in total. The van der Waals surface area contributed by atoms with E-state index in [1.165, 1.54) is 5.56 Å². The SMILES string of the molecule is CCC(C)(C)c1ccc(Nc2ccc(CNC(=O)O)cc2)cc1. The molecule has 0 radical (unpaired) electrons. The molecule has 1 amide bonds. The number of rotatable bonds is 6. The molecule has 0 fully saturated rings. The van der Waals surface area contributed by atoms with E-state index in [2.05, 4.69) is 55.7 Å². The summed E-state index contributed by atoms with van der Waals surface area (Å²) in [6.45, 7) is 7.02. The van der Waals surface area contributed by atoms with Gasteiger partial charge in [0.25, 0.3) is 0 Å². The van der Waals surface area contributed by atoms with Crippen molar-refractivity contribution in [3.8, 4) is 0 Å². The molecule has 2 aromatic rings. The van der Waals surface area contributed by atoms with Crippen LogP contribution in [-0.4, -0.2) is 11.2 Å². The Labute approximate surface area is 137 Å². The zero-order valence-corrected chi connectivity index (χ0v) is 13.9. The van der Waals surface area contributed by atoms with Gasteiger partial charge in [0.1, 0.15) is 0 Å². The molecule has 0 saturated carbocycles. The minimum absolute atomic E-state index is 0.192. The van der Waals surface area contributed by atoms with Crippen molar-refractivity contribution in [3.63, 3.8) is 0 Å². The van der Waals surface area contributed by atoms with Crippen molar-refractivity contribution in [2.45, 2.75) is 39.2 Å². The lowest BCUT2D eigenvalue weighted by Gasteiger charge is -2.23. The quantitative estimate of drug-likeness (QED) is 0.712. The van der Waals surface area contributed by atoms with E-state index in [1.807, 2.05) is 24.3 Å². The molecule has 0 atom stereocenters. The first-order valence-corrected chi connectivity index (χ1v) is 7.84. The van der Waals surface area contributed by atoms with Gasteiger partial charge in [-0.15, -0.1) is 0 Å². The minimum atomic E-state index is -1.01. The highest BCUT2D eigenvalue weighted by Gasteiger charge is 2.17. The van der Waals surface area contributed by atoms with E-state index in [0.29, 0.717) is 6.54 Å². The fourth-order valence-electron chi connectivity index (χ4n) is 2.26. The molecule has 0 aromatic heterocycles. The van der Waals surface area contributed by atoms with Gasteiger partial charge in [0.15, 0.2) is 0 Å². The average Bonchev–Trinajstić information content (AvgIpc) is 2.54. The van der Waals surface area contributed by atoms with Gasteiger partial charge in [-0.3, -0.25) is 0 Å². The summed E-state index contributed by atoms with van der Waals surface area (Å²) in [7, 11) is 0. The zero-order valence-electron chi connectivity index (χ0n) is 13.9. The summed E-state index contributed by atoms with van der Waals surface area (Å²) in [5, 5.41) is 14.3. The van der Waals surface area contributed by atoms with E-state index in [1.54, 1.807) is 0 Å². The van der Waals surface area contributed by atoms with Crippen molar-refractivity contribution in [3.05, 3.63) is 59.7 Å². The van der Waals surface area contributed by atoms with Crippen molar-refractivity contribution in [1.82, 2.24) is 5.32 Å². The zero-order chi connectivity index (χ0) is 16.9. The summed E-state index contributed by atoms with van der Waals surface area (Å²) in [6.07, 6.45) is 0.0910. The summed E-state index contributed by atoms with van der Waals surface area (Å²) in [5.41, 5.74) is 4.47. The largest absolute Gasteiger partial charge is 0.465 e. The molecule has 2 rings (SSSR count). The Morgan fingerprint density at radius 1 is 1.00 bits per heavy atom. The van der Waals surface area contributed by atoms with Gasteiger partial charge in [0.2, 0.25) is 0 Å². The first-order valence-electron chi connectivity index (χ1n) is 7.84. The van der Waals surface area contributed by atoms with Crippen molar-refractivity contribution in [1.29, 1.82) is 0 Å². The summed E-state index contributed by atoms with van der Waals surface area (Å²) in [5.74, 6) is 0. The van der Waals surface area contributed by atoms with E-state index in [4.69, 9.17) is 5.11 Å². The molecule has 0 spiro atoms. The molecule has 0 saturated heterocycles. The second-order valence-corrected chi connectivity index (χ2v) is 6.30. The predicted molar refractivity (Wildman–Crippen MR) is 94.3 cm³/mol. The molecule has 4 nitrogen and oxygen atoms in total. The van der Waals surface area contributed by atoms with E-state index in [9.17, 15) is 4.79 Å². The Bertz CT molecular complexity index is 646. The summed E-state index contributed by atoms with van der Waals surface area (Å²) < 4.78 is 0. The van der Waals surface area contributed by atoms with Crippen LogP contribution in [0.2, 0.25) is 0 Å². The van der Waals surface area contributed by atoms with Gasteiger partial charge in [0, 0.05) is 17.9 Å². The van der Waals surface area contributed by atoms with Crippen LogP contribution in [0.3, 0.4) is 0 Å². The summed E-state index contributed by atoms with van der Waals surface area (Å²) in [4.78, 5) is 10.5. The fraction of sp³-hybridized carbons (Fsp3) is 0.316. The Morgan fingerprint density at radius 3 is 2.00 bits per heavy atom. The van der Waals surface area contributed by atoms with E-state index < -0.39 is 6.09 Å². The van der Waals surface area contributed by atoms with Crippen molar-refractivity contribution in [2.24, 2.45) is 0 Å². The Hall–Kier alpha value is -2.49. The van der Waals surface area contributed by atoms with Gasteiger partial charge in [-0.2, -0.15) is 0 Å². The van der Waals surface area contributed by atoms with Crippen LogP contribution in [0.5, 0.6) is 0 Å². The van der Waals surface area contributed by atoms with Gasteiger partial charge in [-0.25, -0.2) is 4.79 Å². The molecular weight excluding hydrogens is 288 g/mol. The number of anilines is 2. The number of amides is 1. The standard InChI is InChI=1S/C19H24N2O2/c1-4-19(2,3)15-7-11-17(12-8-15)21-16-9-5-14(6-10-16)13-20-18(22)23/h5-12,20-21H,4,13H2,1-3H3,(H,22,23). The number of carbonyl (C=O) groups is 1. The van der Waals surface area contributed by atoms with Crippen molar-refractivity contribution < 1.29 is 9.90 Å². The van der Waals surface area contributed by atoms with Crippen LogP contribution in [0.1, 0.15) is 38.3 Å². The molecular formula is C19H24N2O2. The Morgan fingerprint density at radius 2 is 1.52 bits per heavy atom. The van der Waals surface area contributed by atoms with Crippen LogP contribution >= 0.6 is 0 Å². The smallest absolute Gasteiger partial charge is 0.404 e. The monoisotopic (exact) mass is 312 g/mol. The maximum atomic E-state index is 10.5. The van der Waals surface area contributed by atoms with Crippen LogP contribution in [0.15, 0.2) is 48.5 Å². The van der Waals surface area contributed by atoms with Gasteiger partial charge in [-0.1, -0.05) is 45.0 Å². The predicted octanol–water partition coefficient (Wildman–Crippen LogP) is 4.89. The van der Waals surface area contributed by atoms with Gasteiger partial charge < -0.3 is 15.7 Å². The molecule has 23 heavy (non-hydrogen) atoms. The number of carboxylic acid groups (broad SMARTS) is 1. The second-order valence-electron chi connectivity index (χ2n) is 6.30. The highest BCUT2D eigenvalue weighted by Crippen LogP contribution is 2.28. The second kappa shape index (κ2) is 7.18. The normalized spacial score (nSPS) is 11.1. The lowest BCUT2D eigenvalue weighted by Crippen LogP contribution is -2.19. The van der Waals surface area contributed by atoms with Crippen LogP contribution in [0, 0.1) is 0 Å². The van der Waals surface area contributed by atoms with Crippen LogP contribution in [0.25, 0.3) is 0 Å². The molecule has 0 unspecified atom stereocenters. The van der Waals surface area contributed by atoms with E-state index >= 15 is 0 Å². The molecule has 0 aliphatic rings. The Balaban J connectivity index is 2.00. The van der Waals surface area contributed by atoms with Crippen LogP contribution in [0.4, 0.5) is 16.2 Å². The molecule has 0 bridgehead atoms. The molecule has 2 aromatic carbocycles. The molecule has 4 heteroatoms. The highest BCUT2D eigenvalue weighted by atomic mass is 16.4. The first kappa shape index (κ1) is 16.9. The van der Waals surface area contributed by atoms with Crippen molar-refractivity contribution in [2.75, 3.05) is 5.32 Å². The van der Waals surface area contributed by atoms with E-state index in [-0.39, 0.29) is 5.41 Å². The Kier molecular flexibility index (Phi) is 5.27. The lowest BCUT2D eigenvalue weighted by atomic mass is 9.82. The molecule has 0 heterocycles. The first-order chi connectivity index (χ1) is 10.9. The third kappa shape index (κ3) is 4.74. The summed E-state index contributed by atoms with van der Waals surface area (Å²) >= 11 is 0. The number of nitrogens with one attached hydrogen (secondary N) is 2. The van der Waals surface area contributed by atoms with Crippen molar-refractivity contribution >= 4 is 17.5 Å². The summed E-state index contributed by atoms with van der Waals surface area (Å²) in [6, 6.07) is 16.2. The lowest BCUT2D eigenvalue weighted by molar-refractivity contribution is 0.194. The topological polar surface area (TPSA) is 61.4 Å². The van der Waals surface area contributed by atoms with Gasteiger partial charge in [0.05, 0.1) is 0 Å². The van der Waals surface area contributed by atoms with Crippen LogP contribution in [-0.2, 0) is 12.0 Å². The maximum Gasteiger partial charge on any atom is 0.404 e. The highest BCUT2D eigenvalue weighted by molar-refractivity contribution is 5.64. The van der Waals surface area contributed by atoms with Crippen LogP contribution < -0.4 is 10.6 Å². The van der Waals surface area contributed by atoms with Gasteiger partial charge in [-0.05, 0) is 47.2 Å². The van der Waals surface area contributed by atoms with E-state index in [0.717, 1.165) is 23.4 Å². The maximum absolute atomic E-state index is 10.5. The number of hydrogen-bond acceptors (Lipinski definition) is 2. The molecule has 122 valence electrons. The molecule has 0 aliphatic carbocycles. The number of benzene rings is 2. The van der Waals surface area contributed by atoms with Gasteiger partial charge >= 0.3 is 6.09 Å². The third-order valence-electron chi connectivity index (χ3n) is 4.24. The third-order valence-corrected chi connectivity index (χ3v) is 4.24. The number of hydrogen-bond donors (Lipinski definition) is 3. The average molecular weight is 312 g/mol. The fourth-order valence-corrected chi connectivity index (χ4v) is 2.26. The molecule has 0 aliphatic heterocycles. The minimum Gasteiger partial charge on any atom is -0.465 e.